The topological polar surface area (TPSA) is 0 Å². The summed E-state index contributed by atoms with van der Waals surface area (Å²) in [6.45, 7) is 23.0. The highest BCUT2D eigenvalue weighted by Crippen LogP contribution is 2.44. The monoisotopic (exact) mass is 538 g/mol. The molecule has 1 unspecified atom stereocenters. The highest BCUT2D eigenvalue weighted by Gasteiger charge is 2.32. The molecule has 2 rings (SSSR count). The molecule has 0 amide bonds. The van der Waals surface area contributed by atoms with E-state index in [1.807, 2.05) is 0 Å². The molecule has 40 heavy (non-hydrogen) atoms. The molecule has 0 heteroatoms. The summed E-state index contributed by atoms with van der Waals surface area (Å²) in [5.74, 6) is 0.713. The zero-order valence-corrected chi connectivity index (χ0v) is 27.5. The van der Waals surface area contributed by atoms with E-state index in [-0.39, 0.29) is 0 Å². The van der Waals surface area contributed by atoms with Crippen molar-refractivity contribution in [1.29, 1.82) is 0 Å². The second-order valence-electron chi connectivity index (χ2n) is 13.7. The summed E-state index contributed by atoms with van der Waals surface area (Å²) in [6, 6.07) is 0. The molecule has 0 saturated heterocycles. The van der Waals surface area contributed by atoms with Crippen LogP contribution >= 0.6 is 0 Å². The molecule has 2 aliphatic carbocycles. The quantitative estimate of drug-likeness (QED) is 0.181. The van der Waals surface area contributed by atoms with Crippen molar-refractivity contribution in [2.45, 2.75) is 114 Å². The standard InChI is InChI=1S/C40H58/c1-31(19-13-21-33(3)25-27-37-35(5)23-15-29-39(37,7)8)17-11-12-18-32(2)20-14-22-34(4)26-28-38-36(6)24-16-30-40(38,9)10/h11-14,17-23,26,28,37H,15-16,24-25,27,29-30H2,1-10H3/b12-11+,19-13+,20-14+,28-26+,31-17+,32-18+,33-21+,34-22+. The second-order valence-corrected chi connectivity index (χ2v) is 13.7. The highest BCUT2D eigenvalue weighted by molar-refractivity contribution is 5.37. The molecule has 0 spiro atoms. The first kappa shape index (κ1) is 33.6. The second kappa shape index (κ2) is 16.0. The summed E-state index contributed by atoms with van der Waals surface area (Å²) in [5.41, 5.74) is 10.6. The van der Waals surface area contributed by atoms with Gasteiger partial charge in [-0.25, -0.2) is 0 Å². The van der Waals surface area contributed by atoms with E-state index >= 15 is 0 Å². The lowest BCUT2D eigenvalue weighted by molar-refractivity contribution is 0.204. The lowest BCUT2D eigenvalue weighted by Gasteiger charge is -2.38. The Morgan fingerprint density at radius 2 is 1.35 bits per heavy atom. The van der Waals surface area contributed by atoms with Crippen LogP contribution in [0.15, 0.2) is 118 Å². The normalized spacial score (nSPS) is 23.4. The third kappa shape index (κ3) is 11.5. The molecule has 2 aliphatic rings. The van der Waals surface area contributed by atoms with Gasteiger partial charge >= 0.3 is 0 Å². The van der Waals surface area contributed by atoms with Gasteiger partial charge in [-0.05, 0) is 109 Å². The molecule has 1 atom stereocenters. The predicted octanol–water partition coefficient (Wildman–Crippen LogP) is 12.7. The first-order chi connectivity index (χ1) is 18.8. The van der Waals surface area contributed by atoms with Crippen LogP contribution in [-0.2, 0) is 0 Å². The van der Waals surface area contributed by atoms with Gasteiger partial charge in [-0.1, -0.05) is 140 Å². The van der Waals surface area contributed by atoms with Crippen LogP contribution in [0.3, 0.4) is 0 Å². The minimum atomic E-state index is 0.294. The van der Waals surface area contributed by atoms with Gasteiger partial charge in [-0.2, -0.15) is 0 Å². The van der Waals surface area contributed by atoms with Crippen LogP contribution < -0.4 is 0 Å². The molecule has 0 aromatic carbocycles. The zero-order valence-electron chi connectivity index (χ0n) is 27.5. The fourth-order valence-electron chi connectivity index (χ4n) is 6.20. The van der Waals surface area contributed by atoms with Gasteiger partial charge in [-0.15, -0.1) is 0 Å². The van der Waals surface area contributed by atoms with E-state index < -0.39 is 0 Å². The SMILES string of the molecule is CC1=CCCC(C)(C)C1CC/C(C)=C/C=C/C(C)=C/C=C/C=C(C)/C=C/C=C(C)/C=C/C1=C(C)CCCC1(C)C. The molecule has 0 heterocycles. The van der Waals surface area contributed by atoms with E-state index in [0.717, 1.165) is 0 Å². The van der Waals surface area contributed by atoms with E-state index in [2.05, 4.69) is 148 Å². The molecule has 0 saturated carbocycles. The van der Waals surface area contributed by atoms with Crippen LogP contribution in [-0.4, -0.2) is 0 Å². The van der Waals surface area contributed by atoms with E-state index in [4.69, 9.17) is 0 Å². The maximum atomic E-state index is 2.46. The summed E-state index contributed by atoms with van der Waals surface area (Å²) in [6.07, 6.45) is 37.7. The molecular formula is C40H58. The Kier molecular flexibility index (Phi) is 13.4. The molecule has 218 valence electrons. The summed E-state index contributed by atoms with van der Waals surface area (Å²) < 4.78 is 0. The van der Waals surface area contributed by atoms with Crippen molar-refractivity contribution in [3.8, 4) is 0 Å². The van der Waals surface area contributed by atoms with Gasteiger partial charge in [0.25, 0.3) is 0 Å². The minimum Gasteiger partial charge on any atom is -0.0853 e. The van der Waals surface area contributed by atoms with Crippen molar-refractivity contribution < 1.29 is 0 Å². The maximum absolute atomic E-state index is 2.46. The van der Waals surface area contributed by atoms with Crippen LogP contribution in [0.1, 0.15) is 114 Å². The van der Waals surface area contributed by atoms with E-state index in [1.54, 1.807) is 11.1 Å². The fraction of sp³-hybridized carbons (Fsp3) is 0.500. The Bertz CT molecular complexity index is 1150. The van der Waals surface area contributed by atoms with Crippen molar-refractivity contribution in [3.05, 3.63) is 118 Å². The van der Waals surface area contributed by atoms with E-state index in [9.17, 15) is 0 Å². The average molecular weight is 539 g/mol. The Morgan fingerprint density at radius 3 is 1.95 bits per heavy atom. The highest BCUT2D eigenvalue weighted by atomic mass is 14.4. The molecular weight excluding hydrogens is 480 g/mol. The molecule has 0 nitrogen and oxygen atoms in total. The van der Waals surface area contributed by atoms with Crippen molar-refractivity contribution in [1.82, 2.24) is 0 Å². The third-order valence-electron chi connectivity index (χ3n) is 8.92. The average Bonchev–Trinajstić information content (AvgIpc) is 2.85. The summed E-state index contributed by atoms with van der Waals surface area (Å²) in [7, 11) is 0. The molecule has 0 N–H and O–H groups in total. The molecule has 0 aliphatic heterocycles. The van der Waals surface area contributed by atoms with Gasteiger partial charge in [-0.3, -0.25) is 0 Å². The van der Waals surface area contributed by atoms with Crippen LogP contribution in [0.25, 0.3) is 0 Å². The molecule has 0 fully saturated rings. The van der Waals surface area contributed by atoms with Crippen molar-refractivity contribution in [2.24, 2.45) is 16.7 Å². The zero-order chi connectivity index (χ0) is 29.8. The first-order valence-corrected chi connectivity index (χ1v) is 15.6. The summed E-state index contributed by atoms with van der Waals surface area (Å²) in [4.78, 5) is 0. The maximum Gasteiger partial charge on any atom is -0.0104 e. The van der Waals surface area contributed by atoms with Crippen LogP contribution in [0.2, 0.25) is 0 Å². The van der Waals surface area contributed by atoms with E-state index in [1.165, 1.54) is 72.8 Å². The number of rotatable bonds is 11. The van der Waals surface area contributed by atoms with Gasteiger partial charge in [0.05, 0.1) is 0 Å². The molecule has 0 aromatic rings. The summed E-state index contributed by atoms with van der Waals surface area (Å²) >= 11 is 0. The molecule has 0 aromatic heterocycles. The van der Waals surface area contributed by atoms with Crippen LogP contribution in [0, 0.1) is 16.7 Å². The van der Waals surface area contributed by atoms with Gasteiger partial charge in [0, 0.05) is 0 Å². The molecule has 0 radical (unpaired) electrons. The molecule has 0 bridgehead atoms. The van der Waals surface area contributed by atoms with E-state index in [0.29, 0.717) is 16.7 Å². The van der Waals surface area contributed by atoms with Gasteiger partial charge in [0.15, 0.2) is 0 Å². The van der Waals surface area contributed by atoms with Gasteiger partial charge in [0.1, 0.15) is 0 Å². The predicted molar refractivity (Wildman–Crippen MR) is 181 cm³/mol. The first-order valence-electron chi connectivity index (χ1n) is 15.6. The number of allylic oxidation sites excluding steroid dienone is 20. The Labute approximate surface area is 248 Å². The fourth-order valence-corrected chi connectivity index (χ4v) is 6.20. The van der Waals surface area contributed by atoms with Gasteiger partial charge in [0.2, 0.25) is 0 Å². The lowest BCUT2D eigenvalue weighted by Crippen LogP contribution is -2.27. The lowest BCUT2D eigenvalue weighted by atomic mass is 9.67. The van der Waals surface area contributed by atoms with Crippen molar-refractivity contribution in [2.75, 3.05) is 0 Å². The van der Waals surface area contributed by atoms with Gasteiger partial charge < -0.3 is 0 Å². The Hall–Kier alpha value is -2.60. The summed E-state index contributed by atoms with van der Waals surface area (Å²) in [5, 5.41) is 0. The number of hydrogen-bond donors (Lipinski definition) is 0. The largest absolute Gasteiger partial charge is 0.0853 e. The third-order valence-corrected chi connectivity index (χ3v) is 8.92. The van der Waals surface area contributed by atoms with Crippen molar-refractivity contribution >= 4 is 0 Å². The minimum absolute atomic E-state index is 0.294. The van der Waals surface area contributed by atoms with Crippen molar-refractivity contribution in [3.63, 3.8) is 0 Å². The smallest absolute Gasteiger partial charge is 0.0104 e. The van der Waals surface area contributed by atoms with Crippen LogP contribution in [0.4, 0.5) is 0 Å². The number of hydrogen-bond acceptors (Lipinski definition) is 0. The Balaban J connectivity index is 1.83. The Morgan fingerprint density at radius 1 is 0.775 bits per heavy atom. The van der Waals surface area contributed by atoms with Crippen LogP contribution in [0.5, 0.6) is 0 Å².